The highest BCUT2D eigenvalue weighted by Gasteiger charge is 2.23. The number of rotatable bonds is 2. The van der Waals surface area contributed by atoms with Gasteiger partial charge in [0.25, 0.3) is 5.56 Å². The Bertz CT molecular complexity index is 760. The van der Waals surface area contributed by atoms with Gasteiger partial charge in [0, 0.05) is 5.02 Å². The fourth-order valence-electron chi connectivity index (χ4n) is 1.80. The van der Waals surface area contributed by atoms with Crippen molar-refractivity contribution in [3.63, 3.8) is 0 Å². The molecule has 0 atom stereocenters. The quantitative estimate of drug-likeness (QED) is 0.800. The molecule has 1 aromatic carbocycles. The van der Waals surface area contributed by atoms with Crippen molar-refractivity contribution < 1.29 is 9.53 Å². The maximum absolute atomic E-state index is 12.4. The number of carbonyl (C=O) groups excluding carboxylic acids is 1. The number of esters is 1. The fraction of sp³-hybridized carbons (Fsp3) is 0.400. The molecule has 1 heterocycles. The molecular formula is C15H17ClN2O3. The largest absolute Gasteiger partial charge is 0.443 e. The minimum atomic E-state index is -0.616. The summed E-state index contributed by atoms with van der Waals surface area (Å²) in [5.74, 6) is 0.0986. The Kier molecular flexibility index (Phi) is 4.05. The first-order valence-electron chi connectivity index (χ1n) is 6.54. The van der Waals surface area contributed by atoms with Crippen molar-refractivity contribution in [3.05, 3.63) is 39.4 Å². The van der Waals surface area contributed by atoms with Crippen LogP contribution in [0.1, 0.15) is 26.6 Å². The average Bonchev–Trinajstić information content (AvgIpc) is 2.36. The molecule has 0 radical (unpaired) electrons. The molecule has 0 aliphatic rings. The minimum Gasteiger partial charge on any atom is -0.443 e. The molecule has 112 valence electrons. The predicted molar refractivity (Wildman–Crippen MR) is 81.3 cm³/mol. The summed E-state index contributed by atoms with van der Waals surface area (Å²) in [5.41, 5.74) is -0.339. The molecule has 0 spiro atoms. The van der Waals surface area contributed by atoms with Crippen LogP contribution in [0.15, 0.2) is 23.0 Å². The van der Waals surface area contributed by atoms with Crippen LogP contribution in [-0.2, 0) is 16.3 Å². The van der Waals surface area contributed by atoms with Crippen molar-refractivity contribution >= 4 is 28.5 Å². The van der Waals surface area contributed by atoms with E-state index in [1.807, 2.05) is 0 Å². The van der Waals surface area contributed by atoms with Gasteiger partial charge in [-0.2, -0.15) is 0 Å². The lowest BCUT2D eigenvalue weighted by Gasteiger charge is -2.18. The Balaban J connectivity index is 2.39. The number of hydrogen-bond donors (Lipinski definition) is 0. The van der Waals surface area contributed by atoms with E-state index in [-0.39, 0.29) is 18.3 Å². The third kappa shape index (κ3) is 3.24. The molecule has 0 N–H and O–H groups in total. The zero-order valence-electron chi connectivity index (χ0n) is 12.4. The van der Waals surface area contributed by atoms with Gasteiger partial charge in [-0.1, -0.05) is 11.6 Å². The maximum Gasteiger partial charge on any atom is 0.312 e. The predicted octanol–water partition coefficient (Wildman–Crippen LogP) is 2.91. The van der Waals surface area contributed by atoms with Crippen molar-refractivity contribution in [1.29, 1.82) is 0 Å². The Morgan fingerprint density at radius 2 is 2.05 bits per heavy atom. The molecule has 0 saturated heterocycles. The molecule has 0 saturated carbocycles. The highest BCUT2D eigenvalue weighted by molar-refractivity contribution is 6.31. The Hall–Kier alpha value is -1.88. The van der Waals surface area contributed by atoms with Gasteiger partial charge >= 0.3 is 5.97 Å². The van der Waals surface area contributed by atoms with Crippen molar-refractivity contribution in [2.24, 2.45) is 5.41 Å². The lowest BCUT2D eigenvalue weighted by atomic mass is 9.98. The van der Waals surface area contributed by atoms with Crippen LogP contribution in [0.3, 0.4) is 0 Å². The first kappa shape index (κ1) is 15.5. The molecule has 1 aromatic heterocycles. The van der Waals surface area contributed by atoms with Gasteiger partial charge in [-0.3, -0.25) is 14.2 Å². The second-order valence-electron chi connectivity index (χ2n) is 5.86. The summed E-state index contributed by atoms with van der Waals surface area (Å²) in [5, 5.41) is 0.961. The summed E-state index contributed by atoms with van der Waals surface area (Å²) < 4.78 is 6.52. The van der Waals surface area contributed by atoms with Crippen LogP contribution in [0.25, 0.3) is 10.9 Å². The van der Waals surface area contributed by atoms with E-state index in [0.29, 0.717) is 21.7 Å². The number of fused-ring (bicyclic) bond motifs is 1. The van der Waals surface area contributed by atoms with E-state index in [0.717, 1.165) is 0 Å². The summed E-state index contributed by atoms with van der Waals surface area (Å²) in [7, 11) is 0. The molecule has 2 rings (SSSR count). The third-order valence-corrected chi connectivity index (χ3v) is 3.28. The van der Waals surface area contributed by atoms with Crippen LogP contribution < -0.4 is 5.56 Å². The topological polar surface area (TPSA) is 61.2 Å². The Morgan fingerprint density at radius 1 is 1.38 bits per heavy atom. The zero-order chi connectivity index (χ0) is 15.8. The van der Waals surface area contributed by atoms with Crippen molar-refractivity contribution in [3.8, 4) is 0 Å². The first-order chi connectivity index (χ1) is 9.70. The van der Waals surface area contributed by atoms with Crippen LogP contribution in [0.4, 0.5) is 0 Å². The third-order valence-electron chi connectivity index (χ3n) is 3.05. The van der Waals surface area contributed by atoms with Crippen molar-refractivity contribution in [2.45, 2.75) is 34.4 Å². The summed E-state index contributed by atoms with van der Waals surface area (Å²) >= 11 is 5.90. The Labute approximate surface area is 127 Å². The summed E-state index contributed by atoms with van der Waals surface area (Å²) in [6.07, 6.45) is 0. The average molecular weight is 309 g/mol. The van der Waals surface area contributed by atoms with Crippen LogP contribution in [0.5, 0.6) is 0 Å². The fourth-order valence-corrected chi connectivity index (χ4v) is 1.96. The van der Waals surface area contributed by atoms with E-state index in [1.165, 1.54) is 4.57 Å². The van der Waals surface area contributed by atoms with E-state index >= 15 is 0 Å². The summed E-state index contributed by atoms with van der Waals surface area (Å²) in [6, 6.07) is 4.89. The number of carbonyl (C=O) groups is 1. The van der Waals surface area contributed by atoms with E-state index in [9.17, 15) is 9.59 Å². The van der Waals surface area contributed by atoms with Crippen molar-refractivity contribution in [2.75, 3.05) is 0 Å². The standard InChI is InChI=1S/C15H17ClN2O3/c1-9-17-12-7-10(16)5-6-11(12)13(19)18(9)8-21-14(20)15(2,3)4/h5-7H,8H2,1-4H3. The number of aryl methyl sites for hydroxylation is 1. The van der Waals surface area contributed by atoms with Gasteiger partial charge in [0.2, 0.25) is 0 Å². The van der Waals surface area contributed by atoms with Gasteiger partial charge in [-0.25, -0.2) is 4.98 Å². The highest BCUT2D eigenvalue weighted by Crippen LogP contribution is 2.17. The van der Waals surface area contributed by atoms with Gasteiger partial charge in [0.15, 0.2) is 6.73 Å². The molecule has 21 heavy (non-hydrogen) atoms. The van der Waals surface area contributed by atoms with Crippen LogP contribution >= 0.6 is 11.6 Å². The number of ether oxygens (including phenoxy) is 1. The van der Waals surface area contributed by atoms with Crippen LogP contribution in [-0.4, -0.2) is 15.5 Å². The molecular weight excluding hydrogens is 292 g/mol. The molecule has 5 nitrogen and oxygen atoms in total. The summed E-state index contributed by atoms with van der Waals surface area (Å²) in [4.78, 5) is 28.5. The lowest BCUT2D eigenvalue weighted by Crippen LogP contribution is -2.29. The van der Waals surface area contributed by atoms with Crippen molar-refractivity contribution in [1.82, 2.24) is 9.55 Å². The smallest absolute Gasteiger partial charge is 0.312 e. The number of aromatic nitrogens is 2. The van der Waals surface area contributed by atoms with Gasteiger partial charge in [0.05, 0.1) is 16.3 Å². The summed E-state index contributed by atoms with van der Waals surface area (Å²) in [6.45, 7) is 6.81. The van der Waals surface area contributed by atoms with E-state index in [1.54, 1.807) is 45.9 Å². The normalized spacial score (nSPS) is 11.7. The first-order valence-corrected chi connectivity index (χ1v) is 6.92. The lowest BCUT2D eigenvalue weighted by molar-refractivity contribution is -0.157. The van der Waals surface area contributed by atoms with Crippen LogP contribution in [0.2, 0.25) is 5.02 Å². The number of nitrogens with zero attached hydrogens (tertiary/aromatic N) is 2. The molecule has 0 bridgehead atoms. The number of halogens is 1. The maximum atomic E-state index is 12.4. The van der Waals surface area contributed by atoms with E-state index < -0.39 is 5.41 Å². The molecule has 0 unspecified atom stereocenters. The molecule has 6 heteroatoms. The molecule has 0 fully saturated rings. The SMILES string of the molecule is Cc1nc2cc(Cl)ccc2c(=O)n1COC(=O)C(C)(C)C. The molecule has 0 aliphatic carbocycles. The van der Waals surface area contributed by atoms with E-state index in [4.69, 9.17) is 16.3 Å². The molecule has 2 aromatic rings. The second kappa shape index (κ2) is 5.48. The zero-order valence-corrected chi connectivity index (χ0v) is 13.2. The minimum absolute atomic E-state index is 0.146. The number of benzene rings is 1. The molecule has 0 amide bonds. The number of hydrogen-bond acceptors (Lipinski definition) is 4. The monoisotopic (exact) mass is 308 g/mol. The van der Waals surface area contributed by atoms with Gasteiger partial charge in [0.1, 0.15) is 5.82 Å². The molecule has 0 aliphatic heterocycles. The van der Waals surface area contributed by atoms with Gasteiger partial charge in [-0.05, 0) is 45.9 Å². The van der Waals surface area contributed by atoms with Gasteiger partial charge in [-0.15, -0.1) is 0 Å². The van der Waals surface area contributed by atoms with Gasteiger partial charge < -0.3 is 4.74 Å². The van der Waals surface area contributed by atoms with Crippen LogP contribution in [0, 0.1) is 12.3 Å². The Morgan fingerprint density at radius 3 is 2.67 bits per heavy atom. The van der Waals surface area contributed by atoms with E-state index in [2.05, 4.69) is 4.98 Å². The second-order valence-corrected chi connectivity index (χ2v) is 6.30. The highest BCUT2D eigenvalue weighted by atomic mass is 35.5.